The Morgan fingerprint density at radius 2 is 2.25 bits per heavy atom. The number of halogens is 1. The highest BCUT2D eigenvalue weighted by Gasteiger charge is 2.16. The second-order valence-electron chi connectivity index (χ2n) is 3.90. The summed E-state index contributed by atoms with van der Waals surface area (Å²) in [6.45, 7) is -0.0797. The molecule has 2 aromatic rings. The van der Waals surface area contributed by atoms with Crippen LogP contribution in [0.15, 0.2) is 30.5 Å². The number of benzene rings is 1. The Hall–Kier alpha value is -2.72. The summed E-state index contributed by atoms with van der Waals surface area (Å²) in [5.74, 6) is -1.20. The van der Waals surface area contributed by atoms with Gasteiger partial charge in [0.15, 0.2) is 0 Å². The minimum absolute atomic E-state index is 0.120. The molecule has 0 atom stereocenters. The summed E-state index contributed by atoms with van der Waals surface area (Å²) in [6, 6.07) is 7.39. The van der Waals surface area contributed by atoms with Crippen molar-refractivity contribution < 1.29 is 14.3 Å². The number of aromatic nitrogens is 2. The topological polar surface area (TPSA) is 90.9 Å². The third kappa shape index (κ3) is 2.65. The smallest absolute Gasteiger partial charge is 0.259 e. The van der Waals surface area contributed by atoms with Crippen molar-refractivity contribution in [3.05, 3.63) is 47.4 Å². The van der Waals surface area contributed by atoms with Crippen LogP contribution >= 0.6 is 0 Å². The fourth-order valence-electron chi connectivity index (χ4n) is 1.68. The minimum atomic E-state index is -0.681. The van der Waals surface area contributed by atoms with E-state index in [1.165, 1.54) is 35.1 Å². The van der Waals surface area contributed by atoms with Gasteiger partial charge in [-0.05, 0) is 12.1 Å². The van der Waals surface area contributed by atoms with E-state index in [1.54, 1.807) is 0 Å². The molecule has 0 saturated carbocycles. The van der Waals surface area contributed by atoms with Crippen molar-refractivity contribution in [2.24, 2.45) is 0 Å². The van der Waals surface area contributed by atoms with Gasteiger partial charge in [0.05, 0.1) is 24.9 Å². The molecule has 0 bridgehead atoms. The number of amides is 1. The summed E-state index contributed by atoms with van der Waals surface area (Å²) in [6.07, 6.45) is 1.27. The molecule has 0 aliphatic rings. The van der Waals surface area contributed by atoms with Crippen LogP contribution in [0.2, 0.25) is 0 Å². The molecule has 0 radical (unpaired) electrons. The number of carbonyl (C=O) groups is 1. The molecule has 1 amide bonds. The maximum atomic E-state index is 13.5. The summed E-state index contributed by atoms with van der Waals surface area (Å²) in [5.41, 5.74) is 0.0104. The number of aliphatic hydroxyl groups is 1. The second kappa shape index (κ2) is 5.95. The van der Waals surface area contributed by atoms with Gasteiger partial charge in [-0.15, -0.1) is 0 Å². The fraction of sp³-hybridized carbons (Fsp3) is 0.154. The summed E-state index contributed by atoms with van der Waals surface area (Å²) in [4.78, 5) is 12.0. The summed E-state index contributed by atoms with van der Waals surface area (Å²) in [5, 5.41) is 24.2. The maximum Gasteiger partial charge on any atom is 0.259 e. The van der Waals surface area contributed by atoms with Crippen molar-refractivity contribution in [1.29, 1.82) is 5.26 Å². The van der Waals surface area contributed by atoms with Crippen LogP contribution < -0.4 is 5.32 Å². The molecule has 0 saturated heterocycles. The maximum absolute atomic E-state index is 13.5. The molecule has 0 spiro atoms. The molecular formula is C13H11FN4O2. The number of aliphatic hydroxyl groups excluding tert-OH is 1. The number of nitrogens with zero attached hydrogens (tertiary/aromatic N) is 3. The zero-order chi connectivity index (χ0) is 14.5. The van der Waals surface area contributed by atoms with Gasteiger partial charge in [-0.1, -0.05) is 12.1 Å². The molecule has 20 heavy (non-hydrogen) atoms. The first-order chi connectivity index (χ1) is 9.67. The molecule has 0 aliphatic carbocycles. The quantitative estimate of drug-likeness (QED) is 0.874. The highest BCUT2D eigenvalue weighted by atomic mass is 19.1. The number of nitriles is 1. The lowest BCUT2D eigenvalue weighted by Crippen LogP contribution is -2.18. The van der Waals surface area contributed by atoms with Crippen LogP contribution in [0, 0.1) is 17.1 Å². The van der Waals surface area contributed by atoms with Crippen LogP contribution in [-0.2, 0) is 6.54 Å². The Labute approximate surface area is 114 Å². The first kappa shape index (κ1) is 13.7. The average molecular weight is 274 g/mol. The van der Waals surface area contributed by atoms with E-state index in [2.05, 4.69) is 10.4 Å². The van der Waals surface area contributed by atoms with Crippen LogP contribution in [-0.4, -0.2) is 27.4 Å². The molecule has 1 aromatic carbocycles. The van der Waals surface area contributed by atoms with Gasteiger partial charge in [0.1, 0.15) is 23.3 Å². The lowest BCUT2D eigenvalue weighted by molar-refractivity contribution is 0.102. The molecule has 0 unspecified atom stereocenters. The van der Waals surface area contributed by atoms with Crippen LogP contribution in [0.4, 0.5) is 10.2 Å². The van der Waals surface area contributed by atoms with E-state index >= 15 is 0 Å². The number of hydrogen-bond donors (Lipinski definition) is 2. The van der Waals surface area contributed by atoms with E-state index in [0.29, 0.717) is 0 Å². The third-order valence-corrected chi connectivity index (χ3v) is 2.62. The average Bonchev–Trinajstić information content (AvgIpc) is 2.82. The first-order valence-electron chi connectivity index (χ1n) is 5.80. The van der Waals surface area contributed by atoms with E-state index in [0.717, 1.165) is 0 Å². The Bertz CT molecular complexity index is 675. The molecule has 0 fully saturated rings. The Morgan fingerprint density at radius 1 is 1.50 bits per heavy atom. The number of carbonyl (C=O) groups excluding carboxylic acids is 1. The number of anilines is 1. The van der Waals surface area contributed by atoms with Crippen molar-refractivity contribution in [1.82, 2.24) is 9.78 Å². The standard InChI is InChI=1S/C13H11FN4O2/c14-11-4-2-1-3-10(11)13(20)17-12-9(7-15)8-16-18(12)5-6-19/h1-4,8,19H,5-6H2,(H,17,20). The molecule has 7 heteroatoms. The molecule has 1 heterocycles. The van der Waals surface area contributed by atoms with Crippen molar-refractivity contribution in [2.75, 3.05) is 11.9 Å². The van der Waals surface area contributed by atoms with Gasteiger partial charge in [-0.3, -0.25) is 4.79 Å². The normalized spacial score (nSPS) is 10.1. The molecule has 2 rings (SSSR count). The van der Waals surface area contributed by atoms with Gasteiger partial charge in [-0.25, -0.2) is 9.07 Å². The lowest BCUT2D eigenvalue weighted by Gasteiger charge is -2.08. The van der Waals surface area contributed by atoms with Crippen molar-refractivity contribution in [3.8, 4) is 6.07 Å². The Morgan fingerprint density at radius 3 is 2.90 bits per heavy atom. The molecule has 6 nitrogen and oxygen atoms in total. The summed E-state index contributed by atoms with van der Waals surface area (Å²) < 4.78 is 14.8. The number of rotatable bonds is 4. The van der Waals surface area contributed by atoms with Gasteiger partial charge >= 0.3 is 0 Å². The van der Waals surface area contributed by atoms with Gasteiger partial charge in [0.2, 0.25) is 0 Å². The zero-order valence-corrected chi connectivity index (χ0v) is 10.4. The van der Waals surface area contributed by atoms with Crippen molar-refractivity contribution in [2.45, 2.75) is 6.54 Å². The van der Waals surface area contributed by atoms with Crippen LogP contribution in [0.3, 0.4) is 0 Å². The minimum Gasteiger partial charge on any atom is -0.394 e. The second-order valence-corrected chi connectivity index (χ2v) is 3.90. The Balaban J connectivity index is 2.30. The van der Waals surface area contributed by atoms with E-state index in [1.807, 2.05) is 6.07 Å². The predicted octanol–water partition coefficient (Wildman–Crippen LogP) is 1.14. The van der Waals surface area contributed by atoms with E-state index < -0.39 is 11.7 Å². The highest BCUT2D eigenvalue weighted by Crippen LogP contribution is 2.16. The van der Waals surface area contributed by atoms with E-state index in [9.17, 15) is 9.18 Å². The monoisotopic (exact) mass is 274 g/mol. The van der Waals surface area contributed by atoms with Crippen LogP contribution in [0.1, 0.15) is 15.9 Å². The van der Waals surface area contributed by atoms with Crippen LogP contribution in [0.5, 0.6) is 0 Å². The molecule has 2 N–H and O–H groups in total. The van der Waals surface area contributed by atoms with Gasteiger partial charge < -0.3 is 10.4 Å². The highest BCUT2D eigenvalue weighted by molar-refractivity contribution is 6.04. The summed E-state index contributed by atoms with van der Waals surface area (Å²) >= 11 is 0. The third-order valence-electron chi connectivity index (χ3n) is 2.62. The molecule has 1 aromatic heterocycles. The predicted molar refractivity (Wildman–Crippen MR) is 68.4 cm³/mol. The van der Waals surface area contributed by atoms with Gasteiger partial charge in [-0.2, -0.15) is 10.4 Å². The Kier molecular flexibility index (Phi) is 4.08. The molecule has 0 aliphatic heterocycles. The van der Waals surface area contributed by atoms with Gasteiger partial charge in [0.25, 0.3) is 5.91 Å². The van der Waals surface area contributed by atoms with Crippen molar-refractivity contribution in [3.63, 3.8) is 0 Å². The first-order valence-corrected chi connectivity index (χ1v) is 5.80. The van der Waals surface area contributed by atoms with Gasteiger partial charge in [0, 0.05) is 0 Å². The van der Waals surface area contributed by atoms with E-state index in [-0.39, 0.29) is 30.1 Å². The SMILES string of the molecule is N#Cc1cnn(CCO)c1NC(=O)c1ccccc1F. The summed E-state index contributed by atoms with van der Waals surface area (Å²) in [7, 11) is 0. The van der Waals surface area contributed by atoms with Crippen molar-refractivity contribution >= 4 is 11.7 Å². The largest absolute Gasteiger partial charge is 0.394 e. The van der Waals surface area contributed by atoms with E-state index in [4.69, 9.17) is 10.4 Å². The number of nitrogens with one attached hydrogen (secondary N) is 1. The van der Waals surface area contributed by atoms with Crippen LogP contribution in [0.25, 0.3) is 0 Å². The lowest BCUT2D eigenvalue weighted by atomic mass is 10.2. The number of hydrogen-bond acceptors (Lipinski definition) is 4. The zero-order valence-electron chi connectivity index (χ0n) is 10.4. The molecule has 102 valence electrons. The molecular weight excluding hydrogens is 263 g/mol. The fourth-order valence-corrected chi connectivity index (χ4v) is 1.68.